The summed E-state index contributed by atoms with van der Waals surface area (Å²) >= 11 is 0. The highest BCUT2D eigenvalue weighted by Gasteiger charge is 2.11. The first-order valence-electron chi connectivity index (χ1n) is 6.11. The van der Waals surface area contributed by atoms with E-state index in [0.29, 0.717) is 17.7 Å². The maximum absolute atomic E-state index is 4.48. The minimum atomic E-state index is 0.502. The number of imidazole rings is 1. The van der Waals surface area contributed by atoms with Gasteiger partial charge in [0.05, 0.1) is 0 Å². The van der Waals surface area contributed by atoms with E-state index in [1.54, 1.807) is 42.7 Å². The first-order valence-corrected chi connectivity index (χ1v) is 6.11. The maximum atomic E-state index is 4.48. The fourth-order valence-corrected chi connectivity index (χ4v) is 1.79. The molecule has 0 spiro atoms. The van der Waals surface area contributed by atoms with Crippen LogP contribution < -0.4 is 5.32 Å². The van der Waals surface area contributed by atoms with Crippen LogP contribution in [0.1, 0.15) is 5.56 Å². The Labute approximate surface area is 115 Å². The lowest BCUT2D eigenvalue weighted by molar-refractivity contribution is 0.901. The van der Waals surface area contributed by atoms with Gasteiger partial charge in [-0.3, -0.25) is 9.55 Å². The van der Waals surface area contributed by atoms with Crippen molar-refractivity contribution in [2.75, 3.05) is 12.4 Å². The van der Waals surface area contributed by atoms with Crippen LogP contribution in [0.4, 0.5) is 5.95 Å². The lowest BCUT2D eigenvalue weighted by Crippen LogP contribution is -2.07. The highest BCUT2D eigenvalue weighted by atomic mass is 15.2. The summed E-state index contributed by atoms with van der Waals surface area (Å²) in [6, 6.07) is 1.93. The molecule has 3 aromatic rings. The molecule has 7 nitrogen and oxygen atoms in total. The fraction of sp³-hybridized carbons (Fsp3) is 0.154. The number of anilines is 1. The van der Waals surface area contributed by atoms with Gasteiger partial charge in [0.25, 0.3) is 0 Å². The number of aryl methyl sites for hydroxylation is 1. The third-order valence-corrected chi connectivity index (χ3v) is 2.86. The monoisotopic (exact) mass is 267 g/mol. The average molecular weight is 267 g/mol. The van der Waals surface area contributed by atoms with Crippen molar-refractivity contribution in [2.24, 2.45) is 0 Å². The van der Waals surface area contributed by atoms with E-state index >= 15 is 0 Å². The number of nitrogens with one attached hydrogen (secondary N) is 1. The number of hydrogen-bond donors (Lipinski definition) is 1. The second kappa shape index (κ2) is 5.04. The van der Waals surface area contributed by atoms with Gasteiger partial charge in [-0.25, -0.2) is 4.98 Å². The highest BCUT2D eigenvalue weighted by molar-refractivity contribution is 5.59. The second-order valence-corrected chi connectivity index (χ2v) is 4.19. The van der Waals surface area contributed by atoms with Crippen LogP contribution in [-0.2, 0) is 0 Å². The van der Waals surface area contributed by atoms with Gasteiger partial charge in [0.1, 0.15) is 6.33 Å². The molecular formula is C13H13N7. The molecule has 0 atom stereocenters. The van der Waals surface area contributed by atoms with E-state index in [1.807, 2.05) is 13.0 Å². The molecule has 100 valence electrons. The molecule has 0 radical (unpaired) electrons. The second-order valence-electron chi connectivity index (χ2n) is 4.19. The molecule has 3 rings (SSSR count). The molecule has 1 N–H and O–H groups in total. The number of aromatic nitrogens is 6. The van der Waals surface area contributed by atoms with E-state index < -0.39 is 0 Å². The molecule has 7 heteroatoms. The molecule has 0 aliphatic rings. The largest absolute Gasteiger partial charge is 0.357 e. The zero-order valence-electron chi connectivity index (χ0n) is 11.1. The Hall–Kier alpha value is -2.83. The summed E-state index contributed by atoms with van der Waals surface area (Å²) in [5.41, 5.74) is 1.94. The smallest absolute Gasteiger partial charge is 0.240 e. The van der Waals surface area contributed by atoms with Crippen LogP contribution in [0.5, 0.6) is 0 Å². The van der Waals surface area contributed by atoms with Crippen molar-refractivity contribution in [3.63, 3.8) is 0 Å². The minimum Gasteiger partial charge on any atom is -0.357 e. The molecule has 0 saturated carbocycles. The molecule has 0 amide bonds. The van der Waals surface area contributed by atoms with E-state index in [2.05, 4.69) is 30.2 Å². The Morgan fingerprint density at radius 3 is 2.70 bits per heavy atom. The number of hydrogen-bond acceptors (Lipinski definition) is 6. The molecule has 0 unspecified atom stereocenters. The Kier molecular flexibility index (Phi) is 3.08. The van der Waals surface area contributed by atoms with Gasteiger partial charge in [-0.1, -0.05) is 0 Å². The third-order valence-electron chi connectivity index (χ3n) is 2.86. The molecule has 3 aromatic heterocycles. The topological polar surface area (TPSA) is 81.4 Å². The van der Waals surface area contributed by atoms with Crippen LogP contribution in [0.25, 0.3) is 17.3 Å². The van der Waals surface area contributed by atoms with Gasteiger partial charge >= 0.3 is 0 Å². The zero-order chi connectivity index (χ0) is 13.9. The van der Waals surface area contributed by atoms with Crippen molar-refractivity contribution in [1.29, 1.82) is 0 Å². The zero-order valence-corrected chi connectivity index (χ0v) is 11.1. The summed E-state index contributed by atoms with van der Waals surface area (Å²) < 4.78 is 1.73. The summed E-state index contributed by atoms with van der Waals surface area (Å²) in [4.78, 5) is 21.3. The standard InChI is InChI=1S/C13H13N7/c1-9-3-4-15-7-10(9)11-17-12(14-2)19-13(18-11)20-6-5-16-8-20/h3-8H,1-2H3,(H,14,17,18,19). The van der Waals surface area contributed by atoms with Crippen molar-refractivity contribution in [2.45, 2.75) is 6.92 Å². The SMILES string of the molecule is CNc1nc(-c2cnccc2C)nc(-n2ccnc2)n1. The van der Waals surface area contributed by atoms with Crippen LogP contribution in [0.3, 0.4) is 0 Å². The molecular weight excluding hydrogens is 254 g/mol. The number of pyridine rings is 1. The molecule has 0 bridgehead atoms. The number of nitrogens with zero attached hydrogens (tertiary/aromatic N) is 6. The summed E-state index contributed by atoms with van der Waals surface area (Å²) in [5.74, 6) is 1.60. The lowest BCUT2D eigenvalue weighted by Gasteiger charge is -2.08. The van der Waals surface area contributed by atoms with Gasteiger partial charge in [-0.2, -0.15) is 15.0 Å². The third kappa shape index (κ3) is 2.20. The van der Waals surface area contributed by atoms with Gasteiger partial charge in [-0.05, 0) is 18.6 Å². The quantitative estimate of drug-likeness (QED) is 0.774. The van der Waals surface area contributed by atoms with E-state index in [-0.39, 0.29) is 0 Å². The van der Waals surface area contributed by atoms with Crippen molar-refractivity contribution >= 4 is 5.95 Å². The van der Waals surface area contributed by atoms with Gasteiger partial charge in [0.15, 0.2) is 5.82 Å². The highest BCUT2D eigenvalue weighted by Crippen LogP contribution is 2.20. The first-order chi connectivity index (χ1) is 9.78. The molecule has 0 aromatic carbocycles. The van der Waals surface area contributed by atoms with Crippen LogP contribution in [-0.4, -0.2) is 36.5 Å². The van der Waals surface area contributed by atoms with Crippen LogP contribution in [0.15, 0.2) is 37.2 Å². The summed E-state index contributed by atoms with van der Waals surface area (Å²) in [6.45, 7) is 2.00. The van der Waals surface area contributed by atoms with Crippen molar-refractivity contribution in [1.82, 2.24) is 29.5 Å². The van der Waals surface area contributed by atoms with Gasteiger partial charge in [0, 0.05) is 37.4 Å². The van der Waals surface area contributed by atoms with Crippen LogP contribution in [0.2, 0.25) is 0 Å². The average Bonchev–Trinajstić information content (AvgIpc) is 3.01. The Balaban J connectivity index is 2.17. The molecule has 0 fully saturated rings. The molecule has 0 aliphatic carbocycles. The van der Waals surface area contributed by atoms with E-state index in [4.69, 9.17) is 0 Å². The van der Waals surface area contributed by atoms with Crippen molar-refractivity contribution in [3.8, 4) is 17.3 Å². The van der Waals surface area contributed by atoms with E-state index in [9.17, 15) is 0 Å². The summed E-state index contributed by atoms with van der Waals surface area (Å²) in [6.07, 6.45) is 8.61. The van der Waals surface area contributed by atoms with E-state index in [0.717, 1.165) is 11.1 Å². The normalized spacial score (nSPS) is 10.5. The molecule has 0 aliphatic heterocycles. The lowest BCUT2D eigenvalue weighted by atomic mass is 10.1. The predicted molar refractivity (Wildman–Crippen MR) is 74.5 cm³/mol. The molecule has 20 heavy (non-hydrogen) atoms. The maximum Gasteiger partial charge on any atom is 0.240 e. The van der Waals surface area contributed by atoms with Gasteiger partial charge in [-0.15, -0.1) is 0 Å². The van der Waals surface area contributed by atoms with E-state index in [1.165, 1.54) is 0 Å². The minimum absolute atomic E-state index is 0.502. The Morgan fingerprint density at radius 2 is 2.00 bits per heavy atom. The van der Waals surface area contributed by atoms with Crippen LogP contribution >= 0.6 is 0 Å². The molecule has 3 heterocycles. The Bertz CT molecular complexity index is 721. The first kappa shape index (κ1) is 12.2. The Morgan fingerprint density at radius 1 is 1.10 bits per heavy atom. The predicted octanol–water partition coefficient (Wildman–Crippen LogP) is 1.47. The summed E-state index contributed by atoms with van der Waals surface area (Å²) in [7, 11) is 1.77. The molecule has 0 saturated heterocycles. The van der Waals surface area contributed by atoms with Crippen molar-refractivity contribution < 1.29 is 0 Å². The number of rotatable bonds is 3. The summed E-state index contributed by atoms with van der Waals surface area (Å²) in [5, 5.41) is 2.94. The van der Waals surface area contributed by atoms with Crippen molar-refractivity contribution in [3.05, 3.63) is 42.7 Å². The fourth-order valence-electron chi connectivity index (χ4n) is 1.79. The van der Waals surface area contributed by atoms with Gasteiger partial charge < -0.3 is 5.32 Å². The van der Waals surface area contributed by atoms with Crippen LogP contribution in [0, 0.1) is 6.92 Å². The van der Waals surface area contributed by atoms with Gasteiger partial charge in [0.2, 0.25) is 11.9 Å².